The van der Waals surface area contributed by atoms with Crippen molar-refractivity contribution in [3.8, 4) is 0 Å². The molecule has 0 radical (unpaired) electrons. The van der Waals surface area contributed by atoms with Crippen LogP contribution in [0.3, 0.4) is 0 Å². The second-order valence-corrected chi connectivity index (χ2v) is 6.44. The van der Waals surface area contributed by atoms with E-state index in [4.69, 9.17) is 23.2 Å². The first-order valence-electron chi connectivity index (χ1n) is 7.42. The van der Waals surface area contributed by atoms with Gasteiger partial charge in [0.05, 0.1) is 21.9 Å². The lowest BCUT2D eigenvalue weighted by atomic mass is 10.1. The standard InChI is InChI=1S/C17H19Cl2N3O/c1-11(2)7-8-20-13-4-6-16(21-10-13)17(23)22-12-3-5-14(18)15(19)9-12/h3-6,9-11,20H,7-8H2,1-2H3,(H,22,23). The third kappa shape index (κ3) is 5.41. The highest BCUT2D eigenvalue weighted by Crippen LogP contribution is 2.25. The summed E-state index contributed by atoms with van der Waals surface area (Å²) in [5, 5.41) is 6.85. The molecule has 6 heteroatoms. The third-order valence-electron chi connectivity index (χ3n) is 3.22. The number of rotatable bonds is 6. The largest absolute Gasteiger partial charge is 0.384 e. The van der Waals surface area contributed by atoms with Gasteiger partial charge < -0.3 is 10.6 Å². The lowest BCUT2D eigenvalue weighted by Gasteiger charge is -2.09. The zero-order valence-electron chi connectivity index (χ0n) is 13.1. The summed E-state index contributed by atoms with van der Waals surface area (Å²) in [5.74, 6) is 0.351. The van der Waals surface area contributed by atoms with E-state index in [-0.39, 0.29) is 5.91 Å². The molecule has 0 saturated heterocycles. The van der Waals surface area contributed by atoms with Crippen LogP contribution in [0.5, 0.6) is 0 Å². The van der Waals surface area contributed by atoms with E-state index in [1.165, 1.54) is 0 Å². The topological polar surface area (TPSA) is 54.0 Å². The maximum atomic E-state index is 12.2. The predicted molar refractivity (Wildman–Crippen MR) is 96.6 cm³/mol. The van der Waals surface area contributed by atoms with Crippen LogP contribution in [0.2, 0.25) is 10.0 Å². The van der Waals surface area contributed by atoms with Crippen LogP contribution in [0.1, 0.15) is 30.8 Å². The zero-order valence-corrected chi connectivity index (χ0v) is 14.6. The van der Waals surface area contributed by atoms with Crippen LogP contribution < -0.4 is 10.6 Å². The second-order valence-electron chi connectivity index (χ2n) is 5.62. The molecule has 0 aliphatic carbocycles. The van der Waals surface area contributed by atoms with Gasteiger partial charge in [0.2, 0.25) is 0 Å². The van der Waals surface area contributed by atoms with Crippen molar-refractivity contribution in [3.63, 3.8) is 0 Å². The maximum absolute atomic E-state index is 12.2. The van der Waals surface area contributed by atoms with Crippen molar-refractivity contribution in [3.05, 3.63) is 52.3 Å². The second kappa shape index (κ2) is 8.18. The molecule has 1 amide bonds. The van der Waals surface area contributed by atoms with E-state index in [1.807, 2.05) is 6.07 Å². The van der Waals surface area contributed by atoms with Crippen LogP contribution in [-0.2, 0) is 0 Å². The minimum absolute atomic E-state index is 0.294. The van der Waals surface area contributed by atoms with E-state index in [0.717, 1.165) is 18.7 Å². The number of anilines is 2. The fourth-order valence-corrected chi connectivity index (χ4v) is 2.21. The van der Waals surface area contributed by atoms with E-state index >= 15 is 0 Å². The van der Waals surface area contributed by atoms with E-state index in [1.54, 1.807) is 30.5 Å². The molecule has 0 atom stereocenters. The van der Waals surface area contributed by atoms with Crippen molar-refractivity contribution < 1.29 is 4.79 Å². The van der Waals surface area contributed by atoms with Gasteiger partial charge in [-0.05, 0) is 42.7 Å². The van der Waals surface area contributed by atoms with Crippen LogP contribution in [0.4, 0.5) is 11.4 Å². The Morgan fingerprint density at radius 1 is 1.13 bits per heavy atom. The number of nitrogens with one attached hydrogen (secondary N) is 2. The minimum atomic E-state index is -0.294. The van der Waals surface area contributed by atoms with Crippen LogP contribution in [0.15, 0.2) is 36.5 Å². The number of pyridine rings is 1. The van der Waals surface area contributed by atoms with Gasteiger partial charge >= 0.3 is 0 Å². The summed E-state index contributed by atoms with van der Waals surface area (Å²) in [7, 11) is 0. The average Bonchev–Trinajstić information content (AvgIpc) is 2.51. The number of halogens is 2. The van der Waals surface area contributed by atoms with E-state index in [0.29, 0.717) is 27.3 Å². The Kier molecular flexibility index (Phi) is 6.25. The van der Waals surface area contributed by atoms with Crippen molar-refractivity contribution in [2.75, 3.05) is 17.2 Å². The molecule has 122 valence electrons. The molecule has 0 aliphatic rings. The summed E-state index contributed by atoms with van der Waals surface area (Å²) in [5.41, 5.74) is 1.81. The van der Waals surface area contributed by atoms with Crippen LogP contribution in [0, 0.1) is 5.92 Å². The molecule has 2 N–H and O–H groups in total. The minimum Gasteiger partial charge on any atom is -0.384 e. The number of carbonyl (C=O) groups excluding carboxylic acids is 1. The van der Waals surface area contributed by atoms with Gasteiger partial charge in [0, 0.05) is 12.2 Å². The lowest BCUT2D eigenvalue weighted by Crippen LogP contribution is -2.14. The van der Waals surface area contributed by atoms with Crippen LogP contribution in [-0.4, -0.2) is 17.4 Å². The van der Waals surface area contributed by atoms with Gasteiger partial charge in [-0.15, -0.1) is 0 Å². The Labute approximate surface area is 146 Å². The van der Waals surface area contributed by atoms with Crippen molar-refractivity contribution in [1.82, 2.24) is 4.98 Å². The van der Waals surface area contributed by atoms with Crippen LogP contribution in [0.25, 0.3) is 0 Å². The molecular weight excluding hydrogens is 333 g/mol. The lowest BCUT2D eigenvalue weighted by molar-refractivity contribution is 0.102. The molecule has 0 unspecified atom stereocenters. The Morgan fingerprint density at radius 3 is 2.48 bits per heavy atom. The molecule has 4 nitrogen and oxygen atoms in total. The quantitative estimate of drug-likeness (QED) is 0.761. The predicted octanol–water partition coefficient (Wildman–Crippen LogP) is 5.10. The molecule has 0 fully saturated rings. The van der Waals surface area contributed by atoms with Gasteiger partial charge in [-0.2, -0.15) is 0 Å². The SMILES string of the molecule is CC(C)CCNc1ccc(C(=O)Nc2ccc(Cl)c(Cl)c2)nc1. The van der Waals surface area contributed by atoms with Gasteiger partial charge in [0.1, 0.15) is 5.69 Å². The summed E-state index contributed by atoms with van der Waals surface area (Å²) in [6.45, 7) is 5.24. The van der Waals surface area contributed by atoms with Gasteiger partial charge in [0.15, 0.2) is 0 Å². The van der Waals surface area contributed by atoms with E-state index in [9.17, 15) is 4.79 Å². The molecule has 0 saturated carbocycles. The van der Waals surface area contributed by atoms with E-state index < -0.39 is 0 Å². The molecule has 0 spiro atoms. The molecule has 0 aliphatic heterocycles. The third-order valence-corrected chi connectivity index (χ3v) is 3.96. The number of carbonyl (C=O) groups is 1. The van der Waals surface area contributed by atoms with Gasteiger partial charge in [-0.3, -0.25) is 4.79 Å². The molecule has 2 rings (SSSR count). The molecule has 1 aromatic heterocycles. The maximum Gasteiger partial charge on any atom is 0.274 e. The number of benzene rings is 1. The number of aromatic nitrogens is 1. The van der Waals surface area contributed by atoms with Crippen molar-refractivity contribution in [2.24, 2.45) is 5.92 Å². The average molecular weight is 352 g/mol. The molecule has 1 aromatic carbocycles. The molecule has 2 aromatic rings. The van der Waals surface area contributed by atoms with Gasteiger partial charge in [0.25, 0.3) is 5.91 Å². The Hall–Kier alpha value is -1.78. The fourth-order valence-electron chi connectivity index (χ4n) is 1.91. The number of amides is 1. The normalized spacial score (nSPS) is 10.7. The first kappa shape index (κ1) is 17.6. The van der Waals surface area contributed by atoms with Crippen LogP contribution >= 0.6 is 23.2 Å². The van der Waals surface area contributed by atoms with Gasteiger partial charge in [-0.25, -0.2) is 4.98 Å². The number of hydrogen-bond acceptors (Lipinski definition) is 3. The Bertz CT molecular complexity index is 672. The zero-order chi connectivity index (χ0) is 16.8. The monoisotopic (exact) mass is 351 g/mol. The summed E-state index contributed by atoms with van der Waals surface area (Å²) in [4.78, 5) is 16.3. The Balaban J connectivity index is 1.95. The highest BCUT2D eigenvalue weighted by molar-refractivity contribution is 6.42. The summed E-state index contributed by atoms with van der Waals surface area (Å²) >= 11 is 11.8. The highest BCUT2D eigenvalue weighted by Gasteiger charge is 2.09. The summed E-state index contributed by atoms with van der Waals surface area (Å²) in [6.07, 6.45) is 2.74. The molecular formula is C17H19Cl2N3O. The number of nitrogens with zero attached hydrogens (tertiary/aromatic N) is 1. The Morgan fingerprint density at radius 2 is 1.87 bits per heavy atom. The van der Waals surface area contributed by atoms with Crippen molar-refractivity contribution in [2.45, 2.75) is 20.3 Å². The first-order valence-corrected chi connectivity index (χ1v) is 8.17. The first-order chi connectivity index (χ1) is 11.0. The number of hydrogen-bond donors (Lipinski definition) is 2. The van der Waals surface area contributed by atoms with E-state index in [2.05, 4.69) is 29.5 Å². The fraction of sp³-hybridized carbons (Fsp3) is 0.294. The van der Waals surface area contributed by atoms with Gasteiger partial charge in [-0.1, -0.05) is 37.0 Å². The highest BCUT2D eigenvalue weighted by atomic mass is 35.5. The molecule has 0 bridgehead atoms. The smallest absolute Gasteiger partial charge is 0.274 e. The van der Waals surface area contributed by atoms with Crippen molar-refractivity contribution >= 4 is 40.5 Å². The van der Waals surface area contributed by atoms with Crippen molar-refractivity contribution in [1.29, 1.82) is 0 Å². The molecule has 1 heterocycles. The summed E-state index contributed by atoms with van der Waals surface area (Å²) < 4.78 is 0. The molecule has 23 heavy (non-hydrogen) atoms. The summed E-state index contributed by atoms with van der Waals surface area (Å²) in [6, 6.07) is 8.45.